The molecule has 88 valence electrons. The molecule has 0 atom stereocenters. The molecule has 1 amide bonds. The maximum Gasteiger partial charge on any atom is 0.288 e. The van der Waals surface area contributed by atoms with Crippen LogP contribution in [0.25, 0.3) is 0 Å². The predicted molar refractivity (Wildman–Crippen MR) is 64.2 cm³/mol. The van der Waals surface area contributed by atoms with Gasteiger partial charge in [-0.15, -0.1) is 0 Å². The van der Waals surface area contributed by atoms with Gasteiger partial charge in [-0.2, -0.15) is 0 Å². The number of thiocarbonyl (C=S) groups is 1. The summed E-state index contributed by atoms with van der Waals surface area (Å²) in [5.74, 6) is 0.0414. The SMILES string of the molecule is Cc1ncoc1C(=O)NCCCCC(N)=S. The first-order valence-corrected chi connectivity index (χ1v) is 5.48. The number of nitrogens with one attached hydrogen (secondary N) is 1. The molecule has 1 aromatic rings. The Labute approximate surface area is 99.4 Å². The van der Waals surface area contributed by atoms with Gasteiger partial charge in [0.25, 0.3) is 5.91 Å². The van der Waals surface area contributed by atoms with Crippen LogP contribution in [0.1, 0.15) is 35.5 Å². The Hall–Kier alpha value is -1.43. The molecule has 1 heterocycles. The van der Waals surface area contributed by atoms with E-state index in [4.69, 9.17) is 22.4 Å². The molecule has 16 heavy (non-hydrogen) atoms. The van der Waals surface area contributed by atoms with E-state index in [1.807, 2.05) is 0 Å². The molecular formula is C10H15N3O2S. The highest BCUT2D eigenvalue weighted by Gasteiger charge is 2.12. The van der Waals surface area contributed by atoms with Crippen LogP contribution < -0.4 is 11.1 Å². The first kappa shape index (κ1) is 12.6. The molecule has 0 aliphatic heterocycles. The number of nitrogens with zero attached hydrogens (tertiary/aromatic N) is 1. The van der Waals surface area contributed by atoms with E-state index < -0.39 is 0 Å². The molecule has 0 radical (unpaired) electrons. The summed E-state index contributed by atoms with van der Waals surface area (Å²) in [7, 11) is 0. The normalized spacial score (nSPS) is 10.1. The largest absolute Gasteiger partial charge is 0.438 e. The molecule has 3 N–H and O–H groups in total. The van der Waals surface area contributed by atoms with Crippen LogP contribution in [0.4, 0.5) is 0 Å². The van der Waals surface area contributed by atoms with Crippen LogP contribution in [0.3, 0.4) is 0 Å². The minimum Gasteiger partial charge on any atom is -0.438 e. The average molecular weight is 241 g/mol. The quantitative estimate of drug-likeness (QED) is 0.577. The molecule has 0 spiro atoms. The number of aromatic nitrogens is 1. The van der Waals surface area contributed by atoms with Gasteiger partial charge in [0.2, 0.25) is 5.76 Å². The monoisotopic (exact) mass is 241 g/mol. The van der Waals surface area contributed by atoms with E-state index in [2.05, 4.69) is 10.3 Å². The van der Waals surface area contributed by atoms with Gasteiger partial charge in [-0.25, -0.2) is 4.98 Å². The lowest BCUT2D eigenvalue weighted by Crippen LogP contribution is -2.24. The van der Waals surface area contributed by atoms with Crippen molar-refractivity contribution in [3.05, 3.63) is 17.8 Å². The van der Waals surface area contributed by atoms with Gasteiger partial charge in [-0.1, -0.05) is 12.2 Å². The molecule has 0 saturated heterocycles. The third kappa shape index (κ3) is 3.98. The third-order valence-electron chi connectivity index (χ3n) is 2.09. The van der Waals surface area contributed by atoms with Crippen molar-refractivity contribution in [1.29, 1.82) is 0 Å². The summed E-state index contributed by atoms with van der Waals surface area (Å²) in [6, 6.07) is 0. The summed E-state index contributed by atoms with van der Waals surface area (Å²) in [6.07, 6.45) is 3.70. The molecule has 0 aliphatic carbocycles. The standard InChI is InChI=1S/C10H15N3O2S/c1-7-9(15-6-13-7)10(14)12-5-3-2-4-8(11)16/h6H,2-5H2,1H3,(H2,11,16)(H,12,14). The molecule has 0 saturated carbocycles. The number of carbonyl (C=O) groups is 1. The molecule has 0 aromatic carbocycles. The molecule has 1 rings (SSSR count). The topological polar surface area (TPSA) is 81.2 Å². The fourth-order valence-corrected chi connectivity index (χ4v) is 1.37. The lowest BCUT2D eigenvalue weighted by atomic mass is 10.2. The zero-order valence-electron chi connectivity index (χ0n) is 9.16. The second-order valence-corrected chi connectivity index (χ2v) is 3.97. The summed E-state index contributed by atoms with van der Waals surface area (Å²) in [5.41, 5.74) is 5.95. The van der Waals surface area contributed by atoms with Gasteiger partial charge in [0, 0.05) is 6.54 Å². The average Bonchev–Trinajstić information content (AvgIpc) is 2.63. The number of rotatable bonds is 6. The van der Waals surface area contributed by atoms with Crippen LogP contribution in [-0.4, -0.2) is 22.4 Å². The summed E-state index contributed by atoms with van der Waals surface area (Å²) < 4.78 is 4.96. The van der Waals surface area contributed by atoms with E-state index in [0.717, 1.165) is 12.8 Å². The highest BCUT2D eigenvalue weighted by Crippen LogP contribution is 2.04. The Morgan fingerprint density at radius 2 is 2.38 bits per heavy atom. The Balaban J connectivity index is 2.21. The number of unbranched alkanes of at least 4 members (excludes halogenated alkanes) is 1. The van der Waals surface area contributed by atoms with Gasteiger partial charge in [0.1, 0.15) is 0 Å². The van der Waals surface area contributed by atoms with Crippen molar-refractivity contribution in [3.8, 4) is 0 Å². The van der Waals surface area contributed by atoms with Crippen LogP contribution >= 0.6 is 12.2 Å². The lowest BCUT2D eigenvalue weighted by molar-refractivity contribution is 0.0924. The fraction of sp³-hybridized carbons (Fsp3) is 0.500. The Kier molecular flexibility index (Phi) is 4.91. The number of aryl methyl sites for hydroxylation is 1. The summed E-state index contributed by atoms with van der Waals surface area (Å²) in [5, 5.41) is 2.74. The Morgan fingerprint density at radius 3 is 2.94 bits per heavy atom. The second-order valence-electron chi connectivity index (χ2n) is 3.45. The third-order valence-corrected chi connectivity index (χ3v) is 2.29. The Morgan fingerprint density at radius 1 is 1.62 bits per heavy atom. The van der Waals surface area contributed by atoms with Gasteiger partial charge in [-0.05, 0) is 26.2 Å². The Bertz CT molecular complexity index is 376. The minimum atomic E-state index is -0.231. The van der Waals surface area contributed by atoms with Gasteiger partial charge in [0.15, 0.2) is 6.39 Å². The number of hydrogen-bond donors (Lipinski definition) is 2. The maximum atomic E-state index is 11.5. The number of nitrogens with two attached hydrogens (primary N) is 1. The van der Waals surface area contributed by atoms with E-state index in [1.54, 1.807) is 6.92 Å². The molecule has 1 aromatic heterocycles. The minimum absolute atomic E-state index is 0.231. The summed E-state index contributed by atoms with van der Waals surface area (Å²) in [4.78, 5) is 15.9. The molecule has 0 bridgehead atoms. The van der Waals surface area contributed by atoms with Crippen molar-refractivity contribution in [2.24, 2.45) is 5.73 Å². The number of amides is 1. The van der Waals surface area contributed by atoms with Crippen LogP contribution in [0.5, 0.6) is 0 Å². The van der Waals surface area contributed by atoms with Gasteiger partial charge < -0.3 is 15.5 Å². The first-order chi connectivity index (χ1) is 7.61. The van der Waals surface area contributed by atoms with Crippen molar-refractivity contribution >= 4 is 23.1 Å². The highest BCUT2D eigenvalue weighted by molar-refractivity contribution is 7.80. The van der Waals surface area contributed by atoms with E-state index >= 15 is 0 Å². The van der Waals surface area contributed by atoms with Crippen molar-refractivity contribution in [1.82, 2.24) is 10.3 Å². The molecule has 0 fully saturated rings. The van der Waals surface area contributed by atoms with Gasteiger partial charge >= 0.3 is 0 Å². The molecule has 0 aliphatic rings. The van der Waals surface area contributed by atoms with Crippen molar-refractivity contribution < 1.29 is 9.21 Å². The van der Waals surface area contributed by atoms with Gasteiger partial charge in [0.05, 0.1) is 10.7 Å². The maximum absolute atomic E-state index is 11.5. The van der Waals surface area contributed by atoms with Crippen LogP contribution in [-0.2, 0) is 0 Å². The highest BCUT2D eigenvalue weighted by atomic mass is 32.1. The van der Waals surface area contributed by atoms with Crippen molar-refractivity contribution in [2.45, 2.75) is 26.2 Å². The van der Waals surface area contributed by atoms with E-state index in [1.165, 1.54) is 6.39 Å². The first-order valence-electron chi connectivity index (χ1n) is 5.08. The van der Waals surface area contributed by atoms with E-state index in [-0.39, 0.29) is 11.7 Å². The molecular weight excluding hydrogens is 226 g/mol. The number of oxazole rings is 1. The summed E-state index contributed by atoms with van der Waals surface area (Å²) in [6.45, 7) is 2.31. The number of carbonyl (C=O) groups excluding carboxylic acids is 1. The van der Waals surface area contributed by atoms with E-state index in [9.17, 15) is 4.79 Å². The molecule has 5 nitrogen and oxygen atoms in total. The predicted octanol–water partition coefficient (Wildman–Crippen LogP) is 1.17. The number of hydrogen-bond acceptors (Lipinski definition) is 4. The molecule has 0 unspecified atom stereocenters. The zero-order chi connectivity index (χ0) is 12.0. The van der Waals surface area contributed by atoms with Crippen molar-refractivity contribution in [2.75, 3.05) is 6.54 Å². The fourth-order valence-electron chi connectivity index (χ4n) is 1.23. The molecule has 6 heteroatoms. The lowest BCUT2D eigenvalue weighted by Gasteiger charge is -2.02. The van der Waals surface area contributed by atoms with Crippen molar-refractivity contribution in [3.63, 3.8) is 0 Å². The van der Waals surface area contributed by atoms with Crippen LogP contribution in [0, 0.1) is 6.92 Å². The van der Waals surface area contributed by atoms with Crippen LogP contribution in [0.2, 0.25) is 0 Å². The zero-order valence-corrected chi connectivity index (χ0v) is 9.97. The second kappa shape index (κ2) is 6.22. The van der Waals surface area contributed by atoms with E-state index in [0.29, 0.717) is 23.6 Å². The van der Waals surface area contributed by atoms with Gasteiger partial charge in [-0.3, -0.25) is 4.79 Å². The van der Waals surface area contributed by atoms with Crippen LogP contribution in [0.15, 0.2) is 10.8 Å². The summed E-state index contributed by atoms with van der Waals surface area (Å²) >= 11 is 4.75. The smallest absolute Gasteiger partial charge is 0.288 e.